The van der Waals surface area contributed by atoms with Crippen molar-refractivity contribution in [1.82, 2.24) is 0 Å². The Morgan fingerprint density at radius 1 is 1.07 bits per heavy atom. The minimum Gasteiger partial charge on any atom is -0.475 e. The summed E-state index contributed by atoms with van der Waals surface area (Å²) in [4.78, 5) is 34.7. The van der Waals surface area contributed by atoms with E-state index in [2.05, 4.69) is 20.8 Å². The van der Waals surface area contributed by atoms with Gasteiger partial charge in [0.1, 0.15) is 0 Å². The predicted octanol–water partition coefficient (Wildman–Crippen LogP) is 4.09. The topological polar surface area (TPSA) is 95.7 Å². The zero-order chi connectivity index (χ0) is 20.9. The number of para-hydroxylation sites is 2. The lowest BCUT2D eigenvalue weighted by molar-refractivity contribution is -0.385. The van der Waals surface area contributed by atoms with Crippen LogP contribution in [0.5, 0.6) is 5.75 Å². The van der Waals surface area contributed by atoms with Crippen molar-refractivity contribution < 1.29 is 24.0 Å². The maximum absolute atomic E-state index is 12.5. The van der Waals surface area contributed by atoms with Crippen LogP contribution in [0.15, 0.2) is 48.5 Å². The van der Waals surface area contributed by atoms with E-state index in [-0.39, 0.29) is 22.6 Å². The SMILES string of the molecule is C[C@H](OC(=O)COc1ccccc1[N+](=O)[O-])C(=O)c1ccc(C(C)(C)C)cc1. The highest BCUT2D eigenvalue weighted by Crippen LogP contribution is 2.26. The molecule has 0 aliphatic rings. The van der Waals surface area contributed by atoms with Crippen LogP contribution in [0.1, 0.15) is 43.6 Å². The second-order valence-electron chi connectivity index (χ2n) is 7.34. The molecule has 0 N–H and O–H groups in total. The van der Waals surface area contributed by atoms with Crippen molar-refractivity contribution in [2.75, 3.05) is 6.61 Å². The number of Topliss-reactive ketones (excluding diaryl/α,β-unsaturated/α-hetero) is 1. The first-order chi connectivity index (χ1) is 13.1. The number of ether oxygens (including phenoxy) is 2. The van der Waals surface area contributed by atoms with Gasteiger partial charge in [0.25, 0.3) is 0 Å². The smallest absolute Gasteiger partial charge is 0.344 e. The molecule has 0 saturated carbocycles. The molecular weight excluding hydrogens is 362 g/mol. The molecule has 0 radical (unpaired) electrons. The summed E-state index contributed by atoms with van der Waals surface area (Å²) in [6.45, 7) is 7.16. The van der Waals surface area contributed by atoms with Gasteiger partial charge in [0.05, 0.1) is 4.92 Å². The quantitative estimate of drug-likeness (QED) is 0.308. The number of ketones is 1. The number of hydrogen-bond acceptors (Lipinski definition) is 6. The molecule has 2 aromatic carbocycles. The van der Waals surface area contributed by atoms with E-state index in [0.717, 1.165) is 5.56 Å². The van der Waals surface area contributed by atoms with Crippen LogP contribution in [0.3, 0.4) is 0 Å². The third kappa shape index (κ3) is 5.39. The molecule has 28 heavy (non-hydrogen) atoms. The molecule has 0 aliphatic carbocycles. The van der Waals surface area contributed by atoms with Crippen LogP contribution in [-0.2, 0) is 14.9 Å². The predicted molar refractivity (Wildman–Crippen MR) is 104 cm³/mol. The van der Waals surface area contributed by atoms with Gasteiger partial charge in [-0.05, 0) is 24.0 Å². The van der Waals surface area contributed by atoms with Crippen molar-refractivity contribution in [2.45, 2.75) is 39.2 Å². The van der Waals surface area contributed by atoms with Gasteiger partial charge < -0.3 is 9.47 Å². The molecular formula is C21H23NO6. The highest BCUT2D eigenvalue weighted by atomic mass is 16.6. The zero-order valence-electron chi connectivity index (χ0n) is 16.3. The minimum atomic E-state index is -0.998. The monoisotopic (exact) mass is 385 g/mol. The van der Waals surface area contributed by atoms with Crippen LogP contribution in [-0.4, -0.2) is 29.4 Å². The summed E-state index contributed by atoms with van der Waals surface area (Å²) >= 11 is 0. The molecule has 0 amide bonds. The first kappa shape index (κ1) is 21.1. The number of carbonyl (C=O) groups is 2. The molecule has 0 aromatic heterocycles. The van der Waals surface area contributed by atoms with Gasteiger partial charge in [-0.1, -0.05) is 57.2 Å². The maximum Gasteiger partial charge on any atom is 0.344 e. The van der Waals surface area contributed by atoms with E-state index >= 15 is 0 Å². The van der Waals surface area contributed by atoms with Gasteiger partial charge in [0, 0.05) is 11.6 Å². The van der Waals surface area contributed by atoms with E-state index in [1.54, 1.807) is 18.2 Å². The molecule has 7 nitrogen and oxygen atoms in total. The van der Waals surface area contributed by atoms with E-state index in [1.807, 2.05) is 12.1 Å². The van der Waals surface area contributed by atoms with Gasteiger partial charge in [0.15, 0.2) is 18.5 Å². The lowest BCUT2D eigenvalue weighted by atomic mass is 9.86. The summed E-state index contributed by atoms with van der Waals surface area (Å²) in [6.07, 6.45) is -0.998. The van der Waals surface area contributed by atoms with Crippen molar-refractivity contribution in [3.63, 3.8) is 0 Å². The Hall–Kier alpha value is -3.22. The summed E-state index contributed by atoms with van der Waals surface area (Å²) in [5.74, 6) is -1.16. The molecule has 7 heteroatoms. The Morgan fingerprint density at radius 2 is 1.68 bits per heavy atom. The highest BCUT2D eigenvalue weighted by Gasteiger charge is 2.22. The van der Waals surface area contributed by atoms with Crippen molar-refractivity contribution >= 4 is 17.4 Å². The standard InChI is InChI=1S/C21H23NO6/c1-14(20(24)15-9-11-16(12-10-15)21(2,3)4)28-19(23)13-27-18-8-6-5-7-17(18)22(25)26/h5-12,14H,13H2,1-4H3/t14-/m0/s1. The van der Waals surface area contributed by atoms with Gasteiger partial charge in [-0.15, -0.1) is 0 Å². The summed E-state index contributed by atoms with van der Waals surface area (Å²) in [7, 11) is 0. The molecule has 0 heterocycles. The average Bonchev–Trinajstić information content (AvgIpc) is 2.65. The van der Waals surface area contributed by atoms with E-state index in [0.29, 0.717) is 5.56 Å². The van der Waals surface area contributed by atoms with Crippen molar-refractivity contribution in [3.8, 4) is 5.75 Å². The maximum atomic E-state index is 12.5. The van der Waals surface area contributed by atoms with Gasteiger partial charge in [-0.25, -0.2) is 4.79 Å². The van der Waals surface area contributed by atoms with E-state index in [4.69, 9.17) is 9.47 Å². The zero-order valence-corrected chi connectivity index (χ0v) is 16.3. The Labute approximate surface area is 163 Å². The third-order valence-electron chi connectivity index (χ3n) is 4.12. The molecule has 2 rings (SSSR count). The summed E-state index contributed by atoms with van der Waals surface area (Å²) < 4.78 is 10.3. The highest BCUT2D eigenvalue weighted by molar-refractivity contribution is 6.00. The molecule has 0 unspecified atom stereocenters. The van der Waals surface area contributed by atoms with Gasteiger partial charge in [-0.3, -0.25) is 14.9 Å². The molecule has 0 saturated heterocycles. The Morgan fingerprint density at radius 3 is 2.25 bits per heavy atom. The minimum absolute atomic E-state index is 0.0307. The van der Waals surface area contributed by atoms with Gasteiger partial charge in [-0.2, -0.15) is 0 Å². The average molecular weight is 385 g/mol. The van der Waals surface area contributed by atoms with Crippen LogP contribution in [0.25, 0.3) is 0 Å². The summed E-state index contributed by atoms with van der Waals surface area (Å²) in [5.41, 5.74) is 1.25. The number of esters is 1. The molecule has 2 aromatic rings. The first-order valence-corrected chi connectivity index (χ1v) is 8.80. The Bertz CT molecular complexity index is 867. The van der Waals surface area contributed by atoms with E-state index < -0.39 is 23.6 Å². The summed E-state index contributed by atoms with van der Waals surface area (Å²) in [5, 5.41) is 10.9. The molecule has 0 spiro atoms. The number of hydrogen-bond donors (Lipinski definition) is 0. The Kier molecular flexibility index (Phi) is 6.51. The van der Waals surface area contributed by atoms with Crippen LogP contribution in [0, 0.1) is 10.1 Å². The number of benzene rings is 2. The number of nitrogens with zero attached hydrogens (tertiary/aromatic N) is 1. The number of rotatable bonds is 7. The Balaban J connectivity index is 1.95. The molecule has 1 atom stereocenters. The fraction of sp³-hybridized carbons (Fsp3) is 0.333. The number of nitro benzene ring substituents is 1. The fourth-order valence-electron chi connectivity index (χ4n) is 2.52. The van der Waals surface area contributed by atoms with Crippen molar-refractivity contribution in [1.29, 1.82) is 0 Å². The van der Waals surface area contributed by atoms with Crippen LogP contribution in [0.2, 0.25) is 0 Å². The van der Waals surface area contributed by atoms with Crippen LogP contribution in [0.4, 0.5) is 5.69 Å². The van der Waals surface area contributed by atoms with E-state index in [9.17, 15) is 19.7 Å². The molecule has 148 valence electrons. The number of nitro groups is 1. The molecule has 0 aliphatic heterocycles. The van der Waals surface area contributed by atoms with Crippen LogP contribution >= 0.6 is 0 Å². The van der Waals surface area contributed by atoms with Crippen molar-refractivity contribution in [2.24, 2.45) is 0 Å². The van der Waals surface area contributed by atoms with Gasteiger partial charge in [0.2, 0.25) is 5.78 Å². The normalized spacial score (nSPS) is 12.1. The lowest BCUT2D eigenvalue weighted by Crippen LogP contribution is -2.27. The second-order valence-corrected chi connectivity index (χ2v) is 7.34. The van der Waals surface area contributed by atoms with Crippen LogP contribution < -0.4 is 4.74 Å². The third-order valence-corrected chi connectivity index (χ3v) is 4.12. The first-order valence-electron chi connectivity index (χ1n) is 8.80. The molecule has 0 fully saturated rings. The second kappa shape index (κ2) is 8.65. The van der Waals surface area contributed by atoms with Crippen molar-refractivity contribution in [3.05, 3.63) is 69.8 Å². The van der Waals surface area contributed by atoms with Gasteiger partial charge >= 0.3 is 11.7 Å². The van der Waals surface area contributed by atoms with E-state index in [1.165, 1.54) is 25.1 Å². The molecule has 0 bridgehead atoms. The fourth-order valence-corrected chi connectivity index (χ4v) is 2.52. The lowest BCUT2D eigenvalue weighted by Gasteiger charge is -2.19. The summed E-state index contributed by atoms with van der Waals surface area (Å²) in [6, 6.07) is 12.9. The largest absolute Gasteiger partial charge is 0.475 e. The number of carbonyl (C=O) groups excluding carboxylic acids is 2.